The Hall–Kier alpha value is -2.03. The van der Waals surface area contributed by atoms with E-state index in [1.54, 1.807) is 6.92 Å². The number of ether oxygens (including phenoxy) is 1. The van der Waals surface area contributed by atoms with Crippen LogP contribution in [0, 0.1) is 5.92 Å². The maximum absolute atomic E-state index is 12.5. The summed E-state index contributed by atoms with van der Waals surface area (Å²) in [4.78, 5) is 25.3. The van der Waals surface area contributed by atoms with Gasteiger partial charge in [-0.25, -0.2) is 8.42 Å². The quantitative estimate of drug-likeness (QED) is 0.736. The summed E-state index contributed by atoms with van der Waals surface area (Å²) in [6, 6.07) is 4.38. The summed E-state index contributed by atoms with van der Waals surface area (Å²) in [5.74, 6) is -4.63. The van der Waals surface area contributed by atoms with Crippen molar-refractivity contribution >= 4 is 21.7 Å². The Labute approximate surface area is 144 Å². The normalized spacial score (nSPS) is 18.2. The lowest BCUT2D eigenvalue weighted by molar-refractivity contribution is -0.149. The third-order valence-electron chi connectivity index (χ3n) is 3.99. The van der Waals surface area contributed by atoms with E-state index in [0.29, 0.717) is 19.4 Å². The molecule has 2 rings (SSSR count). The molecule has 0 N–H and O–H groups in total. The molecule has 1 aliphatic rings. The van der Waals surface area contributed by atoms with Gasteiger partial charge in [0.05, 0.1) is 17.4 Å². The standard InChI is InChI=1S/C16H19F2NO5S/c1-2-24-15(21)12-4-3-9-19(10-12)14(20)11-5-7-13(8-6-11)25(22,23)16(17)18/h5-8,12,16H,2-4,9-10H2,1H3. The second-order valence-corrected chi connectivity index (χ2v) is 7.59. The lowest BCUT2D eigenvalue weighted by atomic mass is 9.97. The molecule has 1 heterocycles. The minimum absolute atomic E-state index is 0.178. The van der Waals surface area contributed by atoms with Gasteiger partial charge in [0.25, 0.3) is 5.91 Å². The smallest absolute Gasteiger partial charge is 0.341 e. The molecule has 0 radical (unpaired) electrons. The van der Waals surface area contributed by atoms with Crippen LogP contribution < -0.4 is 0 Å². The summed E-state index contributed by atoms with van der Waals surface area (Å²) in [5, 5.41) is 0. The molecule has 25 heavy (non-hydrogen) atoms. The van der Waals surface area contributed by atoms with Crippen molar-refractivity contribution in [1.82, 2.24) is 4.90 Å². The molecule has 1 fully saturated rings. The van der Waals surface area contributed by atoms with E-state index in [9.17, 15) is 26.8 Å². The first-order valence-corrected chi connectivity index (χ1v) is 9.40. The number of benzene rings is 1. The van der Waals surface area contributed by atoms with E-state index < -0.39 is 26.4 Å². The van der Waals surface area contributed by atoms with E-state index in [-0.39, 0.29) is 30.6 Å². The molecule has 1 atom stereocenters. The third kappa shape index (κ3) is 4.33. The molecule has 1 amide bonds. The van der Waals surface area contributed by atoms with Gasteiger partial charge in [0.2, 0.25) is 9.84 Å². The average molecular weight is 375 g/mol. The Morgan fingerprint density at radius 3 is 2.48 bits per heavy atom. The van der Waals surface area contributed by atoms with Crippen molar-refractivity contribution in [3.05, 3.63) is 29.8 Å². The van der Waals surface area contributed by atoms with E-state index in [1.165, 1.54) is 17.0 Å². The zero-order valence-electron chi connectivity index (χ0n) is 13.7. The summed E-state index contributed by atoms with van der Waals surface area (Å²) < 4.78 is 52.8. The number of carbonyl (C=O) groups excluding carboxylic acids is 2. The molecule has 0 aromatic heterocycles. The molecule has 0 spiro atoms. The predicted octanol–water partition coefficient (Wildman–Crippen LogP) is 2.10. The Bertz CT molecular complexity index is 733. The van der Waals surface area contributed by atoms with E-state index in [2.05, 4.69) is 0 Å². The molecule has 0 aliphatic carbocycles. The molecular formula is C16H19F2NO5S. The van der Waals surface area contributed by atoms with Crippen molar-refractivity contribution in [3.63, 3.8) is 0 Å². The van der Waals surface area contributed by atoms with Crippen molar-refractivity contribution in [1.29, 1.82) is 0 Å². The average Bonchev–Trinajstić information content (AvgIpc) is 2.61. The zero-order chi connectivity index (χ0) is 18.6. The maximum Gasteiger partial charge on any atom is 0.341 e. The number of rotatable bonds is 5. The van der Waals surface area contributed by atoms with Crippen LogP contribution in [-0.2, 0) is 19.4 Å². The van der Waals surface area contributed by atoms with E-state index in [1.807, 2.05) is 0 Å². The molecular weight excluding hydrogens is 356 g/mol. The highest BCUT2D eigenvalue weighted by Gasteiger charge is 2.30. The third-order valence-corrected chi connectivity index (χ3v) is 5.39. The van der Waals surface area contributed by atoms with Crippen LogP contribution in [0.2, 0.25) is 0 Å². The van der Waals surface area contributed by atoms with E-state index in [0.717, 1.165) is 12.1 Å². The van der Waals surface area contributed by atoms with Crippen LogP contribution in [-0.4, -0.2) is 50.6 Å². The maximum atomic E-state index is 12.5. The van der Waals surface area contributed by atoms with Gasteiger partial charge in [0, 0.05) is 18.7 Å². The molecule has 6 nitrogen and oxygen atoms in total. The minimum atomic E-state index is -4.69. The van der Waals surface area contributed by atoms with E-state index in [4.69, 9.17) is 4.74 Å². The summed E-state index contributed by atoms with van der Waals surface area (Å²) in [6.07, 6.45) is 1.28. The van der Waals surface area contributed by atoms with E-state index >= 15 is 0 Å². The van der Waals surface area contributed by atoms with Gasteiger partial charge >= 0.3 is 11.7 Å². The van der Waals surface area contributed by atoms with Crippen molar-refractivity contribution in [2.75, 3.05) is 19.7 Å². The lowest BCUT2D eigenvalue weighted by Gasteiger charge is -2.31. The molecule has 1 aromatic rings. The predicted molar refractivity (Wildman–Crippen MR) is 84.9 cm³/mol. The van der Waals surface area contributed by atoms with Crippen LogP contribution in [0.25, 0.3) is 0 Å². The second kappa shape index (κ2) is 7.90. The van der Waals surface area contributed by atoms with Gasteiger partial charge < -0.3 is 9.64 Å². The number of halogens is 2. The highest BCUT2D eigenvalue weighted by Crippen LogP contribution is 2.22. The number of alkyl halides is 2. The number of amides is 1. The largest absolute Gasteiger partial charge is 0.466 e. The fourth-order valence-electron chi connectivity index (χ4n) is 2.69. The van der Waals surface area contributed by atoms with Crippen LogP contribution in [0.3, 0.4) is 0 Å². The van der Waals surface area contributed by atoms with Gasteiger partial charge in [-0.15, -0.1) is 0 Å². The number of nitrogens with zero attached hydrogens (tertiary/aromatic N) is 1. The van der Waals surface area contributed by atoms with Crippen LogP contribution in [0.1, 0.15) is 30.1 Å². The number of hydrogen-bond donors (Lipinski definition) is 0. The molecule has 1 aliphatic heterocycles. The monoisotopic (exact) mass is 375 g/mol. The molecule has 1 unspecified atom stereocenters. The summed E-state index contributed by atoms with van der Waals surface area (Å²) >= 11 is 0. The van der Waals surface area contributed by atoms with Gasteiger partial charge in [-0.3, -0.25) is 9.59 Å². The number of hydrogen-bond acceptors (Lipinski definition) is 5. The van der Waals surface area contributed by atoms with Gasteiger partial charge in [-0.1, -0.05) is 0 Å². The van der Waals surface area contributed by atoms with Gasteiger partial charge in [0.1, 0.15) is 0 Å². The fraction of sp³-hybridized carbons (Fsp3) is 0.500. The SMILES string of the molecule is CCOC(=O)C1CCCN(C(=O)c2ccc(S(=O)(=O)C(F)F)cc2)C1. The summed E-state index contributed by atoms with van der Waals surface area (Å²) in [7, 11) is -4.69. The molecule has 0 bridgehead atoms. The van der Waals surface area contributed by atoms with Crippen molar-refractivity contribution in [3.8, 4) is 0 Å². The zero-order valence-corrected chi connectivity index (χ0v) is 14.5. The number of likely N-dealkylation sites (tertiary alicyclic amines) is 1. The highest BCUT2D eigenvalue weighted by atomic mass is 32.2. The second-order valence-electron chi connectivity index (χ2n) is 5.67. The first kappa shape index (κ1) is 19.3. The van der Waals surface area contributed by atoms with Crippen molar-refractivity contribution in [2.45, 2.75) is 30.4 Å². The first-order valence-electron chi connectivity index (χ1n) is 7.85. The summed E-state index contributed by atoms with van der Waals surface area (Å²) in [6.45, 7) is 2.66. The Balaban J connectivity index is 2.11. The van der Waals surface area contributed by atoms with Gasteiger partial charge in [0.15, 0.2) is 0 Å². The highest BCUT2D eigenvalue weighted by molar-refractivity contribution is 7.91. The van der Waals surface area contributed by atoms with Crippen LogP contribution in [0.5, 0.6) is 0 Å². The number of esters is 1. The molecule has 9 heteroatoms. The lowest BCUT2D eigenvalue weighted by Crippen LogP contribution is -2.42. The van der Waals surface area contributed by atoms with Crippen LogP contribution >= 0.6 is 0 Å². The number of piperidine rings is 1. The summed E-state index contributed by atoms with van der Waals surface area (Å²) in [5.41, 5.74) is 0.178. The Morgan fingerprint density at radius 2 is 1.92 bits per heavy atom. The van der Waals surface area contributed by atoms with Gasteiger partial charge in [-0.05, 0) is 44.0 Å². The number of sulfone groups is 1. The molecule has 138 valence electrons. The van der Waals surface area contributed by atoms with Crippen molar-refractivity contribution in [2.24, 2.45) is 5.92 Å². The molecule has 1 aromatic carbocycles. The minimum Gasteiger partial charge on any atom is -0.466 e. The fourth-order valence-corrected chi connectivity index (χ4v) is 3.41. The van der Waals surface area contributed by atoms with Crippen molar-refractivity contribution < 1.29 is 31.5 Å². The van der Waals surface area contributed by atoms with Gasteiger partial charge in [-0.2, -0.15) is 8.78 Å². The molecule has 1 saturated heterocycles. The topological polar surface area (TPSA) is 80.8 Å². The Kier molecular flexibility index (Phi) is 6.10. The number of carbonyl (C=O) groups is 2. The first-order chi connectivity index (χ1) is 11.8. The molecule has 0 saturated carbocycles. The van der Waals surface area contributed by atoms with Crippen LogP contribution in [0.4, 0.5) is 8.78 Å². The Morgan fingerprint density at radius 1 is 1.28 bits per heavy atom. The van der Waals surface area contributed by atoms with Crippen LogP contribution in [0.15, 0.2) is 29.2 Å².